The first-order valence-electron chi connectivity index (χ1n) is 8.40. The molecule has 1 amide bonds. The summed E-state index contributed by atoms with van der Waals surface area (Å²) in [6.07, 6.45) is 3.43. The van der Waals surface area contributed by atoms with Crippen LogP contribution in [0.3, 0.4) is 0 Å². The summed E-state index contributed by atoms with van der Waals surface area (Å²) >= 11 is 6.13. The van der Waals surface area contributed by atoms with Crippen LogP contribution in [0.4, 0.5) is 11.5 Å². The van der Waals surface area contributed by atoms with E-state index in [1.165, 1.54) is 6.33 Å². The van der Waals surface area contributed by atoms with Gasteiger partial charge in [0, 0.05) is 30.3 Å². The van der Waals surface area contributed by atoms with Crippen LogP contribution in [0.1, 0.15) is 28.9 Å². The van der Waals surface area contributed by atoms with Crippen molar-refractivity contribution in [1.29, 1.82) is 0 Å². The number of ether oxygens (including phenoxy) is 2. The molecule has 0 aliphatic carbocycles. The lowest BCUT2D eigenvalue weighted by molar-refractivity contribution is 0.0853. The molecule has 1 aromatic carbocycles. The Morgan fingerprint density at radius 1 is 1.38 bits per heavy atom. The summed E-state index contributed by atoms with van der Waals surface area (Å²) in [5.74, 6) is 0.816. The van der Waals surface area contributed by atoms with Crippen molar-refractivity contribution in [3.05, 3.63) is 40.8 Å². The molecule has 138 valence electrons. The molecule has 2 heterocycles. The Labute approximate surface area is 157 Å². The number of hydrogen-bond acceptors (Lipinski definition) is 6. The highest BCUT2D eigenvalue weighted by Crippen LogP contribution is 2.32. The second kappa shape index (κ2) is 8.33. The van der Waals surface area contributed by atoms with E-state index < -0.39 is 0 Å². The third-order valence-corrected chi connectivity index (χ3v) is 4.56. The zero-order valence-electron chi connectivity index (χ0n) is 14.7. The van der Waals surface area contributed by atoms with Crippen LogP contribution in [0, 0.1) is 6.92 Å². The molecule has 0 saturated carbocycles. The molecule has 1 unspecified atom stereocenters. The van der Waals surface area contributed by atoms with E-state index in [9.17, 15) is 4.79 Å². The molecule has 0 bridgehead atoms. The van der Waals surface area contributed by atoms with Crippen LogP contribution < -0.4 is 15.4 Å². The first-order chi connectivity index (χ1) is 12.6. The molecule has 1 aliphatic heterocycles. The van der Waals surface area contributed by atoms with Gasteiger partial charge in [0.15, 0.2) is 0 Å². The Morgan fingerprint density at radius 2 is 2.23 bits per heavy atom. The summed E-state index contributed by atoms with van der Waals surface area (Å²) in [6.45, 7) is 3.14. The van der Waals surface area contributed by atoms with Gasteiger partial charge in [-0.3, -0.25) is 4.79 Å². The molecule has 1 atom stereocenters. The highest BCUT2D eigenvalue weighted by Gasteiger charge is 2.17. The lowest BCUT2D eigenvalue weighted by Gasteiger charge is -2.13. The summed E-state index contributed by atoms with van der Waals surface area (Å²) in [7, 11) is 1.57. The minimum Gasteiger partial charge on any atom is -0.495 e. The van der Waals surface area contributed by atoms with Gasteiger partial charge in [0.25, 0.3) is 5.91 Å². The summed E-state index contributed by atoms with van der Waals surface area (Å²) in [6, 6.07) is 5.18. The number of carbonyl (C=O) groups is 1. The number of nitrogens with zero attached hydrogens (tertiary/aromatic N) is 2. The van der Waals surface area contributed by atoms with E-state index in [0.717, 1.165) is 25.0 Å². The van der Waals surface area contributed by atoms with Crippen LogP contribution in [-0.4, -0.2) is 42.2 Å². The standard InChI is InChI=1S/C18H21ClN4O3/c1-11-6-14(16(25-2)7-13(11)19)23-17-8-15(21-10-22-17)18(24)20-9-12-4-3-5-26-12/h6-8,10,12H,3-5,9H2,1-2H3,(H,20,24)(H,21,22,23). The molecule has 1 saturated heterocycles. The third kappa shape index (κ3) is 4.42. The summed E-state index contributed by atoms with van der Waals surface area (Å²) in [5.41, 5.74) is 1.89. The first kappa shape index (κ1) is 18.4. The molecule has 26 heavy (non-hydrogen) atoms. The van der Waals surface area contributed by atoms with Crippen LogP contribution in [0.5, 0.6) is 5.75 Å². The van der Waals surface area contributed by atoms with Gasteiger partial charge in [-0.25, -0.2) is 9.97 Å². The van der Waals surface area contributed by atoms with E-state index in [1.54, 1.807) is 19.2 Å². The van der Waals surface area contributed by atoms with Crippen molar-refractivity contribution in [2.75, 3.05) is 25.6 Å². The number of nitrogens with one attached hydrogen (secondary N) is 2. The van der Waals surface area contributed by atoms with Crippen LogP contribution in [0.15, 0.2) is 24.5 Å². The summed E-state index contributed by atoms with van der Waals surface area (Å²) < 4.78 is 10.8. The van der Waals surface area contributed by atoms with Crippen LogP contribution in [-0.2, 0) is 4.74 Å². The normalized spacial score (nSPS) is 16.3. The largest absolute Gasteiger partial charge is 0.495 e. The monoisotopic (exact) mass is 376 g/mol. The molecule has 7 nitrogen and oxygen atoms in total. The molecule has 1 aromatic heterocycles. The van der Waals surface area contributed by atoms with E-state index in [4.69, 9.17) is 21.1 Å². The van der Waals surface area contributed by atoms with Crippen molar-refractivity contribution in [3.63, 3.8) is 0 Å². The van der Waals surface area contributed by atoms with Crippen LogP contribution in [0.25, 0.3) is 0 Å². The number of aryl methyl sites for hydroxylation is 1. The van der Waals surface area contributed by atoms with Crippen molar-refractivity contribution in [2.45, 2.75) is 25.9 Å². The Bertz CT molecular complexity index is 794. The Morgan fingerprint density at radius 3 is 2.96 bits per heavy atom. The summed E-state index contributed by atoms with van der Waals surface area (Å²) in [4.78, 5) is 20.5. The van der Waals surface area contributed by atoms with Crippen LogP contribution in [0.2, 0.25) is 5.02 Å². The zero-order valence-corrected chi connectivity index (χ0v) is 15.5. The van der Waals surface area contributed by atoms with E-state index in [1.807, 2.05) is 13.0 Å². The van der Waals surface area contributed by atoms with Crippen molar-refractivity contribution in [2.24, 2.45) is 0 Å². The van der Waals surface area contributed by atoms with E-state index >= 15 is 0 Å². The molecule has 3 rings (SSSR count). The van der Waals surface area contributed by atoms with Crippen molar-refractivity contribution < 1.29 is 14.3 Å². The Hall–Kier alpha value is -2.38. The van der Waals surface area contributed by atoms with E-state index in [-0.39, 0.29) is 17.7 Å². The molecular formula is C18H21ClN4O3. The number of hydrogen-bond donors (Lipinski definition) is 2. The second-order valence-corrected chi connectivity index (χ2v) is 6.47. The summed E-state index contributed by atoms with van der Waals surface area (Å²) in [5, 5.41) is 6.61. The quantitative estimate of drug-likeness (QED) is 0.805. The number of aromatic nitrogens is 2. The third-order valence-electron chi connectivity index (χ3n) is 4.16. The second-order valence-electron chi connectivity index (χ2n) is 6.06. The Balaban J connectivity index is 1.71. The minimum atomic E-state index is -0.259. The number of benzene rings is 1. The van der Waals surface area contributed by atoms with Gasteiger partial charge < -0.3 is 20.1 Å². The zero-order chi connectivity index (χ0) is 18.5. The number of halogens is 1. The molecule has 0 radical (unpaired) electrons. The number of anilines is 2. The SMILES string of the molecule is COc1cc(Cl)c(C)cc1Nc1cc(C(=O)NCC2CCCO2)ncn1. The minimum absolute atomic E-state index is 0.0830. The lowest BCUT2D eigenvalue weighted by Crippen LogP contribution is -2.32. The smallest absolute Gasteiger partial charge is 0.270 e. The topological polar surface area (TPSA) is 85.4 Å². The molecule has 1 fully saturated rings. The molecule has 1 aliphatic rings. The van der Waals surface area contributed by atoms with Gasteiger partial charge in [0.05, 0.1) is 18.9 Å². The number of carbonyl (C=O) groups excluding carboxylic acids is 1. The average Bonchev–Trinajstić information content (AvgIpc) is 3.16. The van der Waals surface area contributed by atoms with Gasteiger partial charge in [-0.15, -0.1) is 0 Å². The maximum absolute atomic E-state index is 12.3. The molecule has 2 aromatic rings. The predicted molar refractivity (Wildman–Crippen MR) is 99.4 cm³/mol. The van der Waals surface area contributed by atoms with E-state index in [2.05, 4.69) is 20.6 Å². The van der Waals surface area contributed by atoms with Gasteiger partial charge in [0.2, 0.25) is 0 Å². The molecular weight excluding hydrogens is 356 g/mol. The number of amides is 1. The van der Waals surface area contributed by atoms with Gasteiger partial charge in [-0.1, -0.05) is 11.6 Å². The van der Waals surface area contributed by atoms with Crippen LogP contribution >= 0.6 is 11.6 Å². The molecule has 0 spiro atoms. The van der Waals surface area contributed by atoms with E-state index in [0.29, 0.717) is 28.8 Å². The fraction of sp³-hybridized carbons (Fsp3) is 0.389. The van der Waals surface area contributed by atoms with Crippen molar-refractivity contribution in [1.82, 2.24) is 15.3 Å². The maximum Gasteiger partial charge on any atom is 0.270 e. The van der Waals surface area contributed by atoms with Crippen molar-refractivity contribution in [3.8, 4) is 5.75 Å². The molecule has 8 heteroatoms. The lowest BCUT2D eigenvalue weighted by atomic mass is 10.2. The Kier molecular flexibility index (Phi) is 5.90. The van der Waals surface area contributed by atoms with Crippen molar-refractivity contribution >= 4 is 29.0 Å². The highest BCUT2D eigenvalue weighted by atomic mass is 35.5. The number of rotatable bonds is 6. The fourth-order valence-electron chi connectivity index (χ4n) is 2.72. The predicted octanol–water partition coefficient (Wildman–Crippen LogP) is 3.10. The average molecular weight is 377 g/mol. The number of methoxy groups -OCH3 is 1. The first-order valence-corrected chi connectivity index (χ1v) is 8.77. The van der Waals surface area contributed by atoms with Gasteiger partial charge in [-0.2, -0.15) is 0 Å². The highest BCUT2D eigenvalue weighted by molar-refractivity contribution is 6.31. The van der Waals surface area contributed by atoms with Gasteiger partial charge in [0.1, 0.15) is 23.6 Å². The fourth-order valence-corrected chi connectivity index (χ4v) is 2.87. The van der Waals surface area contributed by atoms with Gasteiger partial charge in [-0.05, 0) is 31.4 Å². The maximum atomic E-state index is 12.3. The molecule has 2 N–H and O–H groups in total. The van der Waals surface area contributed by atoms with Gasteiger partial charge >= 0.3 is 0 Å².